The Balaban J connectivity index is 1.09. The van der Waals surface area contributed by atoms with E-state index in [1.54, 1.807) is 12.3 Å². The number of benzene rings is 2. The van der Waals surface area contributed by atoms with Gasteiger partial charge in [-0.15, -0.1) is 23.2 Å². The summed E-state index contributed by atoms with van der Waals surface area (Å²) in [5, 5.41) is 12.5. The molecule has 2 aromatic carbocycles. The number of nitrogens with zero attached hydrogens (tertiary/aromatic N) is 1. The highest BCUT2D eigenvalue weighted by Gasteiger charge is 2.71. The van der Waals surface area contributed by atoms with Gasteiger partial charge in [-0.1, -0.05) is 0 Å². The monoisotopic (exact) mass is 660 g/mol. The van der Waals surface area contributed by atoms with Crippen molar-refractivity contribution in [2.24, 2.45) is 10.8 Å². The van der Waals surface area contributed by atoms with Gasteiger partial charge >= 0.3 is 7.82 Å². The summed E-state index contributed by atoms with van der Waals surface area (Å²) in [4.78, 5) is 40.9. The Hall–Kier alpha value is -2.88. The molecule has 13 heteroatoms. The quantitative estimate of drug-likeness (QED) is 0.0663. The average molecular weight is 662 g/mol. The Kier molecular flexibility index (Phi) is 6.82. The number of phosphoric acid groups is 1. The van der Waals surface area contributed by atoms with Gasteiger partial charge in [0, 0.05) is 71.1 Å². The predicted molar refractivity (Wildman–Crippen MR) is 172 cm³/mol. The second kappa shape index (κ2) is 10.1. The number of fused-ring (bicyclic) bond motifs is 4. The van der Waals surface area contributed by atoms with Gasteiger partial charge in [-0.2, -0.15) is 0 Å². The summed E-state index contributed by atoms with van der Waals surface area (Å²) >= 11 is 12.9. The van der Waals surface area contributed by atoms with Gasteiger partial charge in [0.2, 0.25) is 5.91 Å². The first kappa shape index (κ1) is 29.8. The third-order valence-electron chi connectivity index (χ3n) is 10.3. The highest BCUT2D eigenvalue weighted by atomic mass is 35.5. The van der Waals surface area contributed by atoms with Gasteiger partial charge in [-0.05, 0) is 73.6 Å². The molecule has 4 aliphatic rings. The molecular formula is C31H35Cl2N4O6P. The number of carbonyl (C=O) groups is 1. The number of nitrogens with one attached hydrogen (secondary N) is 2. The Morgan fingerprint density at radius 2 is 1.80 bits per heavy atom. The number of carbonyl (C=O) groups excluding carboxylic acids is 1. The van der Waals surface area contributed by atoms with E-state index in [4.69, 9.17) is 33.5 Å². The van der Waals surface area contributed by atoms with Crippen LogP contribution < -0.4 is 15.2 Å². The summed E-state index contributed by atoms with van der Waals surface area (Å²) in [6.07, 6.45) is 7.71. The predicted octanol–water partition coefficient (Wildman–Crippen LogP) is 6.67. The van der Waals surface area contributed by atoms with Crippen LogP contribution in [0.1, 0.15) is 66.2 Å². The van der Waals surface area contributed by atoms with E-state index in [1.165, 1.54) is 6.07 Å². The molecule has 8 rings (SSSR count). The molecule has 3 saturated carbocycles. The van der Waals surface area contributed by atoms with Crippen molar-refractivity contribution < 1.29 is 28.8 Å². The first-order valence-corrected chi connectivity index (χ1v) is 17.3. The summed E-state index contributed by atoms with van der Waals surface area (Å²) in [7, 11) is -4.79. The Bertz CT molecular complexity index is 1880. The van der Waals surface area contributed by atoms with Gasteiger partial charge in [0.15, 0.2) is 5.75 Å². The fraction of sp³-hybridized carbons (Fsp3) is 0.452. The largest absolute Gasteiger partial charge is 0.524 e. The smallest absolute Gasteiger partial charge is 0.506 e. The van der Waals surface area contributed by atoms with Crippen LogP contribution in [0.2, 0.25) is 0 Å². The molecule has 7 N–H and O–H groups in total. The zero-order valence-corrected chi connectivity index (χ0v) is 26.8. The number of alkyl halides is 2. The minimum atomic E-state index is -4.79. The van der Waals surface area contributed by atoms with Gasteiger partial charge in [-0.3, -0.25) is 14.6 Å². The zero-order chi connectivity index (χ0) is 31.3. The minimum Gasteiger partial charge on any atom is -0.506 e. The number of anilines is 2. The van der Waals surface area contributed by atoms with Crippen LogP contribution in [0.15, 0.2) is 24.5 Å². The van der Waals surface area contributed by atoms with E-state index in [0.717, 1.165) is 70.8 Å². The Labute approximate surface area is 264 Å². The van der Waals surface area contributed by atoms with Gasteiger partial charge in [0.1, 0.15) is 5.75 Å². The standard InChI is InChI=1S/C31H35Cl2N4O6P/c1-15-10-36-28-22(43-44(40,41)42)5-19(34)25(23(15)28)17(7-32)3-4-30-12-31(13-30,14-30)29(39)37-11-18(8-33)26-20(37)6-21(38)27-24(26)16(2)9-35-27/h5-6,9-10,17-18,35-36,38H,3-4,7-8,11-14,34H2,1-2H3,(H2,40,41,42). The van der Waals surface area contributed by atoms with Crippen LogP contribution in [-0.2, 0) is 9.36 Å². The van der Waals surface area contributed by atoms with E-state index >= 15 is 0 Å². The number of hydrogen-bond acceptors (Lipinski definition) is 5. The highest BCUT2D eigenvalue weighted by molar-refractivity contribution is 7.46. The maximum atomic E-state index is 14.1. The molecule has 3 aliphatic carbocycles. The van der Waals surface area contributed by atoms with Crippen LogP contribution in [0.4, 0.5) is 11.4 Å². The fourth-order valence-electron chi connectivity index (χ4n) is 8.54. The van der Waals surface area contributed by atoms with Crippen LogP contribution in [0.5, 0.6) is 11.5 Å². The number of phosphoric ester groups is 1. The van der Waals surface area contributed by atoms with Gasteiger partial charge < -0.3 is 30.2 Å². The van der Waals surface area contributed by atoms with E-state index in [0.29, 0.717) is 35.0 Å². The third kappa shape index (κ3) is 4.36. The molecule has 2 unspecified atom stereocenters. The molecule has 4 aromatic rings. The van der Waals surface area contributed by atoms with Crippen molar-refractivity contribution in [1.29, 1.82) is 0 Å². The topological polar surface area (TPSA) is 165 Å². The van der Waals surface area contributed by atoms with Crippen LogP contribution >= 0.6 is 31.0 Å². The van der Waals surface area contributed by atoms with Crippen molar-refractivity contribution in [3.05, 3.63) is 46.8 Å². The molecule has 10 nitrogen and oxygen atoms in total. The number of amides is 1. The number of phenols is 1. The molecule has 2 atom stereocenters. The molecule has 1 amide bonds. The van der Waals surface area contributed by atoms with E-state index in [1.807, 2.05) is 24.9 Å². The molecule has 1 aliphatic heterocycles. The molecule has 44 heavy (non-hydrogen) atoms. The second-order valence-electron chi connectivity index (χ2n) is 13.2. The lowest BCUT2D eigenvalue weighted by molar-refractivity contribution is -0.208. The normalized spacial score (nSPS) is 24.8. The van der Waals surface area contributed by atoms with Crippen molar-refractivity contribution in [3.63, 3.8) is 0 Å². The first-order chi connectivity index (χ1) is 20.8. The molecule has 0 spiro atoms. The number of aromatic amines is 2. The number of aryl methyl sites for hydroxylation is 2. The Morgan fingerprint density at radius 1 is 1.14 bits per heavy atom. The summed E-state index contributed by atoms with van der Waals surface area (Å²) < 4.78 is 16.5. The summed E-state index contributed by atoms with van der Waals surface area (Å²) in [6, 6.07) is 3.15. The van der Waals surface area contributed by atoms with Gasteiger partial charge in [-0.25, -0.2) is 4.57 Å². The van der Waals surface area contributed by atoms with E-state index in [-0.39, 0.29) is 34.7 Å². The first-order valence-electron chi connectivity index (χ1n) is 14.7. The molecule has 0 radical (unpaired) electrons. The minimum absolute atomic E-state index is 0.00308. The van der Waals surface area contributed by atoms with Crippen molar-refractivity contribution in [2.75, 3.05) is 28.9 Å². The second-order valence-corrected chi connectivity index (χ2v) is 15.0. The number of phenolic OH excluding ortho intramolecular Hbond substituents is 1. The number of nitrogen functional groups attached to an aromatic ring is 1. The van der Waals surface area contributed by atoms with E-state index in [2.05, 4.69) is 9.97 Å². The zero-order valence-electron chi connectivity index (χ0n) is 24.4. The van der Waals surface area contributed by atoms with Gasteiger partial charge in [0.05, 0.1) is 22.1 Å². The third-order valence-corrected chi connectivity index (χ3v) is 11.5. The average Bonchev–Trinajstić information content (AvgIpc) is 3.60. The van der Waals surface area contributed by atoms with Crippen LogP contribution in [0.3, 0.4) is 0 Å². The number of halogens is 2. The van der Waals surface area contributed by atoms with Crippen molar-refractivity contribution in [3.8, 4) is 11.5 Å². The number of H-pyrrole nitrogens is 2. The van der Waals surface area contributed by atoms with Crippen LogP contribution in [0.25, 0.3) is 21.8 Å². The molecule has 3 fully saturated rings. The van der Waals surface area contributed by atoms with Crippen molar-refractivity contribution >= 4 is 70.1 Å². The SMILES string of the molecule is Cc1c[nH]c2c(O)cc3c(c12)C(CCl)CN3C(=O)C12CC(CCC(CCl)c3c(N)cc(OP(=O)(O)O)c4[nH]cc(C)c34)(C1)C2. The summed E-state index contributed by atoms with van der Waals surface area (Å²) in [5.41, 5.74) is 12.2. The van der Waals surface area contributed by atoms with Crippen molar-refractivity contribution in [1.82, 2.24) is 9.97 Å². The van der Waals surface area contributed by atoms with Crippen LogP contribution in [-0.4, -0.2) is 49.1 Å². The highest BCUT2D eigenvalue weighted by Crippen LogP contribution is 2.76. The van der Waals surface area contributed by atoms with Crippen LogP contribution in [0, 0.1) is 24.7 Å². The molecule has 2 aromatic heterocycles. The summed E-state index contributed by atoms with van der Waals surface area (Å²) in [5.74, 6) is 0.860. The number of rotatable bonds is 9. The lowest BCUT2D eigenvalue weighted by Gasteiger charge is -2.70. The summed E-state index contributed by atoms with van der Waals surface area (Å²) in [6.45, 7) is 4.41. The number of nitrogens with two attached hydrogens (primary N) is 1. The number of aromatic nitrogens is 2. The lowest BCUT2D eigenvalue weighted by atomic mass is 9.33. The van der Waals surface area contributed by atoms with Crippen molar-refractivity contribution in [2.45, 2.75) is 57.8 Å². The molecule has 2 bridgehead atoms. The maximum Gasteiger partial charge on any atom is 0.524 e. The molecule has 3 heterocycles. The number of hydrogen-bond donors (Lipinski definition) is 6. The molecule has 0 saturated heterocycles. The fourth-order valence-corrected chi connectivity index (χ4v) is 9.50. The van der Waals surface area contributed by atoms with Gasteiger partial charge in [0.25, 0.3) is 0 Å². The maximum absolute atomic E-state index is 14.1. The van der Waals surface area contributed by atoms with E-state index in [9.17, 15) is 24.3 Å². The Morgan fingerprint density at radius 3 is 2.43 bits per heavy atom. The molecule has 234 valence electrons. The van der Waals surface area contributed by atoms with E-state index < -0.39 is 13.2 Å². The number of aromatic hydroxyl groups is 1. The molecular weight excluding hydrogens is 626 g/mol. The lowest BCUT2D eigenvalue weighted by Crippen LogP contribution is -2.68.